The van der Waals surface area contributed by atoms with E-state index < -0.39 is 0 Å². The molecule has 0 aliphatic heterocycles. The Balaban J connectivity index is 1.93. The predicted molar refractivity (Wildman–Crippen MR) is 90.2 cm³/mol. The smallest absolute Gasteiger partial charge is 0.0361 e. The average molecular weight is 276 g/mol. The van der Waals surface area contributed by atoms with E-state index in [0.717, 1.165) is 6.42 Å². The second kappa shape index (κ2) is 4.60. The van der Waals surface area contributed by atoms with Crippen molar-refractivity contribution in [2.75, 3.05) is 0 Å². The number of benzene rings is 2. The van der Waals surface area contributed by atoms with Crippen LogP contribution in [0, 0.1) is 5.92 Å². The minimum Gasteiger partial charge on any atom is -0.135 e. The molecule has 0 saturated heterocycles. The van der Waals surface area contributed by atoms with E-state index in [-0.39, 0.29) is 0 Å². The molecule has 20 heavy (non-hydrogen) atoms. The van der Waals surface area contributed by atoms with Gasteiger partial charge in [0, 0.05) is 20.2 Å². The van der Waals surface area contributed by atoms with E-state index in [1.165, 1.54) is 31.3 Å². The molecule has 0 amide bonds. The first-order valence-corrected chi connectivity index (χ1v) is 7.93. The number of thiophene rings is 1. The molecule has 98 valence electrons. The Kier molecular flexibility index (Phi) is 2.75. The quantitative estimate of drug-likeness (QED) is 0.508. The van der Waals surface area contributed by atoms with Crippen LogP contribution in [0.5, 0.6) is 0 Å². The van der Waals surface area contributed by atoms with E-state index in [4.69, 9.17) is 0 Å². The summed E-state index contributed by atoms with van der Waals surface area (Å²) >= 11 is 1.90. The predicted octanol–water partition coefficient (Wildman–Crippen LogP) is 6.03. The van der Waals surface area contributed by atoms with E-state index >= 15 is 0 Å². The first kappa shape index (κ1) is 11.9. The standard InChI is InChI=1S/C19H16S/c1-13-6-2-3-7-15(13)14-10-11-17-16-8-4-5-9-18(16)20-19(17)12-14/h2-5,7-13H,6H2,1H3. The maximum absolute atomic E-state index is 2.36. The zero-order valence-electron chi connectivity index (χ0n) is 11.5. The van der Waals surface area contributed by atoms with Crippen LogP contribution >= 0.6 is 11.3 Å². The molecule has 1 aliphatic rings. The van der Waals surface area contributed by atoms with Gasteiger partial charge in [-0.3, -0.25) is 0 Å². The van der Waals surface area contributed by atoms with Crippen molar-refractivity contribution in [3.8, 4) is 0 Å². The van der Waals surface area contributed by atoms with Crippen molar-refractivity contribution in [2.24, 2.45) is 5.92 Å². The van der Waals surface area contributed by atoms with Gasteiger partial charge in [-0.1, -0.05) is 55.5 Å². The van der Waals surface area contributed by atoms with E-state index in [2.05, 4.69) is 67.6 Å². The van der Waals surface area contributed by atoms with E-state index in [1.54, 1.807) is 0 Å². The minimum atomic E-state index is 0.617. The van der Waals surface area contributed by atoms with Gasteiger partial charge in [-0.15, -0.1) is 11.3 Å². The van der Waals surface area contributed by atoms with Gasteiger partial charge in [0.25, 0.3) is 0 Å². The van der Waals surface area contributed by atoms with Crippen molar-refractivity contribution >= 4 is 37.1 Å². The summed E-state index contributed by atoms with van der Waals surface area (Å²) in [7, 11) is 0. The highest BCUT2D eigenvalue weighted by Gasteiger charge is 2.13. The van der Waals surface area contributed by atoms with Crippen molar-refractivity contribution in [3.63, 3.8) is 0 Å². The monoisotopic (exact) mass is 276 g/mol. The highest BCUT2D eigenvalue weighted by atomic mass is 32.1. The topological polar surface area (TPSA) is 0 Å². The molecule has 1 aliphatic carbocycles. The van der Waals surface area contributed by atoms with Gasteiger partial charge in [-0.25, -0.2) is 0 Å². The van der Waals surface area contributed by atoms with Gasteiger partial charge >= 0.3 is 0 Å². The Labute approximate surface area is 123 Å². The SMILES string of the molecule is CC1CC=CC=C1c1ccc2c(c1)sc1ccccc12. The van der Waals surface area contributed by atoms with Crippen molar-refractivity contribution in [2.45, 2.75) is 13.3 Å². The van der Waals surface area contributed by atoms with Gasteiger partial charge in [0.1, 0.15) is 0 Å². The third-order valence-electron chi connectivity index (χ3n) is 4.14. The number of hydrogen-bond donors (Lipinski definition) is 0. The van der Waals surface area contributed by atoms with Crippen molar-refractivity contribution in [1.29, 1.82) is 0 Å². The zero-order chi connectivity index (χ0) is 13.5. The minimum absolute atomic E-state index is 0.617. The zero-order valence-corrected chi connectivity index (χ0v) is 12.3. The van der Waals surface area contributed by atoms with Gasteiger partial charge < -0.3 is 0 Å². The van der Waals surface area contributed by atoms with Crippen molar-refractivity contribution in [1.82, 2.24) is 0 Å². The summed E-state index contributed by atoms with van der Waals surface area (Å²) in [5.74, 6) is 0.617. The maximum atomic E-state index is 2.36. The van der Waals surface area contributed by atoms with E-state index in [0.29, 0.717) is 5.92 Å². The van der Waals surface area contributed by atoms with E-state index in [1.807, 2.05) is 11.3 Å². The molecule has 0 nitrogen and oxygen atoms in total. The molecule has 0 N–H and O–H groups in total. The Morgan fingerprint density at radius 3 is 2.75 bits per heavy atom. The Morgan fingerprint density at radius 1 is 1.00 bits per heavy atom. The van der Waals surface area contributed by atoms with Crippen LogP contribution in [0.25, 0.3) is 25.7 Å². The molecule has 1 unspecified atom stereocenters. The largest absolute Gasteiger partial charge is 0.135 e. The average Bonchev–Trinajstić information content (AvgIpc) is 2.85. The second-order valence-electron chi connectivity index (χ2n) is 5.50. The molecular weight excluding hydrogens is 260 g/mol. The van der Waals surface area contributed by atoms with Crippen LogP contribution in [0.3, 0.4) is 0 Å². The first-order chi connectivity index (χ1) is 9.83. The summed E-state index contributed by atoms with van der Waals surface area (Å²) in [6, 6.07) is 15.6. The fraction of sp³-hybridized carbons (Fsp3) is 0.158. The fourth-order valence-electron chi connectivity index (χ4n) is 3.03. The summed E-state index contributed by atoms with van der Waals surface area (Å²) < 4.78 is 2.77. The highest BCUT2D eigenvalue weighted by Crippen LogP contribution is 2.37. The molecule has 1 heterocycles. The second-order valence-corrected chi connectivity index (χ2v) is 6.58. The van der Waals surface area contributed by atoms with Crippen molar-refractivity contribution in [3.05, 3.63) is 66.3 Å². The lowest BCUT2D eigenvalue weighted by atomic mass is 9.88. The fourth-order valence-corrected chi connectivity index (χ4v) is 4.18. The normalized spacial score (nSPS) is 18.6. The summed E-state index contributed by atoms with van der Waals surface area (Å²) in [5.41, 5.74) is 2.84. The molecule has 2 aromatic carbocycles. The molecule has 1 atom stereocenters. The van der Waals surface area contributed by atoms with Crippen LogP contribution in [0.15, 0.2) is 60.7 Å². The molecular formula is C19H16S. The maximum Gasteiger partial charge on any atom is 0.0361 e. The van der Waals surface area contributed by atoms with Gasteiger partial charge in [0.05, 0.1) is 0 Å². The molecule has 0 bridgehead atoms. The third kappa shape index (κ3) is 1.82. The number of rotatable bonds is 1. The lowest BCUT2D eigenvalue weighted by Crippen LogP contribution is -2.00. The Bertz CT molecular complexity index is 848. The third-order valence-corrected chi connectivity index (χ3v) is 5.28. The molecule has 0 spiro atoms. The van der Waals surface area contributed by atoms with Crippen LogP contribution in [-0.4, -0.2) is 0 Å². The summed E-state index contributed by atoms with van der Waals surface area (Å²) in [5, 5.41) is 2.76. The van der Waals surface area contributed by atoms with E-state index in [9.17, 15) is 0 Å². The van der Waals surface area contributed by atoms with Crippen LogP contribution in [0.4, 0.5) is 0 Å². The lowest BCUT2D eigenvalue weighted by Gasteiger charge is -2.17. The van der Waals surface area contributed by atoms with Crippen LogP contribution < -0.4 is 0 Å². The summed E-state index contributed by atoms with van der Waals surface area (Å²) in [4.78, 5) is 0. The van der Waals surface area contributed by atoms with Crippen molar-refractivity contribution < 1.29 is 0 Å². The Hall–Kier alpha value is -1.86. The molecule has 0 saturated carbocycles. The number of hydrogen-bond acceptors (Lipinski definition) is 1. The summed E-state index contributed by atoms with van der Waals surface area (Å²) in [6.45, 7) is 2.31. The molecule has 3 aromatic rings. The first-order valence-electron chi connectivity index (χ1n) is 7.11. The molecule has 4 rings (SSSR count). The van der Waals surface area contributed by atoms with Gasteiger partial charge in [0.2, 0.25) is 0 Å². The number of fused-ring (bicyclic) bond motifs is 3. The molecule has 1 aromatic heterocycles. The van der Waals surface area contributed by atoms with Crippen LogP contribution in [0.2, 0.25) is 0 Å². The van der Waals surface area contributed by atoms with Crippen LogP contribution in [0.1, 0.15) is 18.9 Å². The molecule has 0 fully saturated rings. The highest BCUT2D eigenvalue weighted by molar-refractivity contribution is 7.25. The van der Waals surface area contributed by atoms with Gasteiger partial charge in [0.15, 0.2) is 0 Å². The van der Waals surface area contributed by atoms with Crippen LogP contribution in [-0.2, 0) is 0 Å². The van der Waals surface area contributed by atoms with Gasteiger partial charge in [-0.05, 0) is 35.6 Å². The molecule has 1 heteroatoms. The van der Waals surface area contributed by atoms with Gasteiger partial charge in [-0.2, -0.15) is 0 Å². The lowest BCUT2D eigenvalue weighted by molar-refractivity contribution is 0.759. The molecule has 0 radical (unpaired) electrons. The number of allylic oxidation sites excluding steroid dienone is 4. The summed E-state index contributed by atoms with van der Waals surface area (Å²) in [6.07, 6.45) is 7.86. The Morgan fingerprint density at radius 2 is 1.85 bits per heavy atom.